The van der Waals surface area contributed by atoms with Crippen molar-refractivity contribution in [2.24, 2.45) is 5.73 Å². The molecule has 15 heavy (non-hydrogen) atoms. The van der Waals surface area contributed by atoms with Gasteiger partial charge in [-0.2, -0.15) is 0 Å². The molecule has 1 aliphatic carbocycles. The summed E-state index contributed by atoms with van der Waals surface area (Å²) in [6, 6.07) is 6.61. The molecule has 0 unspecified atom stereocenters. The Balaban J connectivity index is 2.24. The van der Waals surface area contributed by atoms with Crippen LogP contribution in [0.4, 0.5) is 8.78 Å². The van der Waals surface area contributed by atoms with Gasteiger partial charge < -0.3 is 5.73 Å². The summed E-state index contributed by atoms with van der Waals surface area (Å²) in [5.74, 6) is -2.80. The summed E-state index contributed by atoms with van der Waals surface area (Å²) in [4.78, 5) is 0. The van der Waals surface area contributed by atoms with Gasteiger partial charge in [0.05, 0.1) is 0 Å². The van der Waals surface area contributed by atoms with E-state index in [4.69, 9.17) is 5.73 Å². The lowest BCUT2D eigenvalue weighted by Gasteiger charge is -2.22. The molecule has 3 heteroatoms. The van der Waals surface area contributed by atoms with E-state index in [-0.39, 0.29) is 12.0 Å². The fourth-order valence-electron chi connectivity index (χ4n) is 1.86. The first-order valence-electron chi connectivity index (χ1n) is 5.16. The zero-order chi connectivity index (χ0) is 11.1. The Morgan fingerprint density at radius 2 is 1.93 bits per heavy atom. The van der Waals surface area contributed by atoms with Crippen LogP contribution in [0, 0.1) is 6.92 Å². The first-order chi connectivity index (χ1) is 6.93. The van der Waals surface area contributed by atoms with Gasteiger partial charge in [-0.1, -0.05) is 24.3 Å². The van der Waals surface area contributed by atoms with Crippen molar-refractivity contribution in [3.8, 4) is 0 Å². The van der Waals surface area contributed by atoms with E-state index in [1.54, 1.807) is 25.1 Å². The highest BCUT2D eigenvalue weighted by Gasteiger charge is 2.48. The van der Waals surface area contributed by atoms with Crippen molar-refractivity contribution >= 4 is 0 Å². The van der Waals surface area contributed by atoms with E-state index in [1.807, 2.05) is 0 Å². The molecule has 82 valence electrons. The lowest BCUT2D eigenvalue weighted by atomic mass is 9.96. The zero-order valence-corrected chi connectivity index (χ0v) is 8.76. The average molecular weight is 211 g/mol. The minimum atomic E-state index is -2.80. The lowest BCUT2D eigenvalue weighted by Crippen LogP contribution is -2.31. The van der Waals surface area contributed by atoms with Gasteiger partial charge in [0.1, 0.15) is 0 Å². The third kappa shape index (κ3) is 2.17. The van der Waals surface area contributed by atoms with Crippen LogP contribution < -0.4 is 5.73 Å². The van der Waals surface area contributed by atoms with Crippen LogP contribution in [0.5, 0.6) is 0 Å². The van der Waals surface area contributed by atoms with Crippen LogP contribution in [0.15, 0.2) is 24.3 Å². The van der Waals surface area contributed by atoms with Crippen LogP contribution in [0.1, 0.15) is 30.4 Å². The molecule has 0 aliphatic heterocycles. The van der Waals surface area contributed by atoms with E-state index in [2.05, 4.69) is 0 Å². The molecule has 2 N–H and O–H groups in total. The quantitative estimate of drug-likeness (QED) is 0.817. The minimum Gasteiger partial charge on any atom is -0.325 e. The van der Waals surface area contributed by atoms with Gasteiger partial charge >= 0.3 is 0 Å². The highest BCUT2D eigenvalue weighted by molar-refractivity contribution is 5.30. The molecule has 0 spiro atoms. The number of hydrogen-bond donors (Lipinski definition) is 1. The lowest BCUT2D eigenvalue weighted by molar-refractivity contribution is -0.0229. The number of alkyl halides is 2. The molecule has 0 atom stereocenters. The van der Waals surface area contributed by atoms with E-state index >= 15 is 0 Å². The second kappa shape index (κ2) is 3.27. The first-order valence-corrected chi connectivity index (χ1v) is 5.16. The SMILES string of the molecule is Cc1ccccc1C(F)(F)CC1(N)CC1. The maximum atomic E-state index is 13.9. The summed E-state index contributed by atoms with van der Waals surface area (Å²) >= 11 is 0. The van der Waals surface area contributed by atoms with Gasteiger partial charge in [0.2, 0.25) is 0 Å². The molecule has 2 rings (SSSR count). The van der Waals surface area contributed by atoms with E-state index in [0.29, 0.717) is 18.4 Å². The smallest absolute Gasteiger partial charge is 0.275 e. The topological polar surface area (TPSA) is 26.0 Å². The van der Waals surface area contributed by atoms with Crippen LogP contribution in [-0.4, -0.2) is 5.54 Å². The molecule has 1 nitrogen and oxygen atoms in total. The number of nitrogens with two attached hydrogens (primary N) is 1. The van der Waals surface area contributed by atoms with Gasteiger partial charge in [0.15, 0.2) is 0 Å². The molecule has 1 saturated carbocycles. The molecule has 1 aromatic rings. The second-order valence-electron chi connectivity index (χ2n) is 4.56. The van der Waals surface area contributed by atoms with Gasteiger partial charge in [-0.05, 0) is 25.3 Å². The highest BCUT2D eigenvalue weighted by atomic mass is 19.3. The van der Waals surface area contributed by atoms with Crippen molar-refractivity contribution in [1.29, 1.82) is 0 Å². The first kappa shape index (κ1) is 10.6. The van der Waals surface area contributed by atoms with E-state index < -0.39 is 11.5 Å². The normalized spacial score (nSPS) is 18.9. The van der Waals surface area contributed by atoms with Gasteiger partial charge in [0, 0.05) is 17.5 Å². The minimum absolute atomic E-state index is 0.113. The zero-order valence-electron chi connectivity index (χ0n) is 8.76. The molecule has 0 bridgehead atoms. The van der Waals surface area contributed by atoms with Crippen LogP contribution >= 0.6 is 0 Å². The fourth-order valence-corrected chi connectivity index (χ4v) is 1.86. The molecule has 0 saturated heterocycles. The van der Waals surface area contributed by atoms with Crippen molar-refractivity contribution in [2.45, 2.75) is 37.6 Å². The van der Waals surface area contributed by atoms with Crippen LogP contribution in [-0.2, 0) is 5.92 Å². The Morgan fingerprint density at radius 1 is 1.33 bits per heavy atom. The monoisotopic (exact) mass is 211 g/mol. The number of rotatable bonds is 3. The van der Waals surface area contributed by atoms with Gasteiger partial charge in [-0.15, -0.1) is 0 Å². The number of benzene rings is 1. The Kier molecular flexibility index (Phi) is 2.30. The standard InChI is InChI=1S/C12H15F2N/c1-9-4-2-3-5-10(9)12(13,14)8-11(15)6-7-11/h2-5H,6-8,15H2,1H3. The van der Waals surface area contributed by atoms with Crippen molar-refractivity contribution in [1.82, 2.24) is 0 Å². The van der Waals surface area contributed by atoms with Crippen LogP contribution in [0.3, 0.4) is 0 Å². The Bertz CT molecular complexity index is 370. The Hall–Kier alpha value is -0.960. The highest BCUT2D eigenvalue weighted by Crippen LogP contribution is 2.46. The number of aryl methyl sites for hydroxylation is 1. The van der Waals surface area contributed by atoms with E-state index in [9.17, 15) is 8.78 Å². The largest absolute Gasteiger partial charge is 0.325 e. The van der Waals surface area contributed by atoms with Crippen molar-refractivity contribution in [3.05, 3.63) is 35.4 Å². The summed E-state index contributed by atoms with van der Waals surface area (Å²) < 4.78 is 27.7. The second-order valence-corrected chi connectivity index (χ2v) is 4.56. The number of hydrogen-bond acceptors (Lipinski definition) is 1. The molecular weight excluding hydrogens is 196 g/mol. The molecule has 0 amide bonds. The van der Waals surface area contributed by atoms with Gasteiger partial charge in [-0.3, -0.25) is 0 Å². The fraction of sp³-hybridized carbons (Fsp3) is 0.500. The predicted molar refractivity (Wildman–Crippen MR) is 55.8 cm³/mol. The summed E-state index contributed by atoms with van der Waals surface area (Å²) in [5, 5.41) is 0. The van der Waals surface area contributed by atoms with E-state index in [1.165, 1.54) is 6.07 Å². The molecule has 0 radical (unpaired) electrons. The maximum absolute atomic E-state index is 13.9. The van der Waals surface area contributed by atoms with Crippen molar-refractivity contribution in [2.75, 3.05) is 0 Å². The third-order valence-corrected chi connectivity index (χ3v) is 3.01. The van der Waals surface area contributed by atoms with Crippen molar-refractivity contribution in [3.63, 3.8) is 0 Å². The molecule has 1 aromatic carbocycles. The van der Waals surface area contributed by atoms with Crippen LogP contribution in [0.2, 0.25) is 0 Å². The predicted octanol–water partition coefficient (Wildman–Crippen LogP) is 2.97. The maximum Gasteiger partial charge on any atom is 0.275 e. The summed E-state index contributed by atoms with van der Waals surface area (Å²) in [6.45, 7) is 1.71. The summed E-state index contributed by atoms with van der Waals surface area (Å²) in [6.07, 6.45) is 1.20. The summed E-state index contributed by atoms with van der Waals surface area (Å²) in [5.41, 5.74) is 5.86. The van der Waals surface area contributed by atoms with Gasteiger partial charge in [0.25, 0.3) is 5.92 Å². The van der Waals surface area contributed by atoms with Crippen LogP contribution in [0.25, 0.3) is 0 Å². The Morgan fingerprint density at radius 3 is 2.47 bits per heavy atom. The summed E-state index contributed by atoms with van der Waals surface area (Å²) in [7, 11) is 0. The third-order valence-electron chi connectivity index (χ3n) is 3.01. The molecule has 0 aromatic heterocycles. The Labute approximate surface area is 88.3 Å². The van der Waals surface area contributed by atoms with E-state index in [0.717, 1.165) is 0 Å². The van der Waals surface area contributed by atoms with Gasteiger partial charge in [-0.25, -0.2) is 8.78 Å². The molecule has 1 fully saturated rings. The number of halogens is 2. The average Bonchev–Trinajstić information content (AvgIpc) is 2.82. The molecule has 0 heterocycles. The van der Waals surface area contributed by atoms with Crippen molar-refractivity contribution < 1.29 is 8.78 Å². The molecule has 1 aliphatic rings. The molecular formula is C12H15F2N.